The van der Waals surface area contributed by atoms with Crippen molar-refractivity contribution in [2.45, 2.75) is 0 Å². The highest BCUT2D eigenvalue weighted by molar-refractivity contribution is 7.45. The third-order valence-corrected chi connectivity index (χ3v) is 0.850. The molecule has 0 aliphatic carbocycles. The van der Waals surface area contributed by atoms with Crippen LogP contribution in [0.2, 0.25) is 0 Å². The Morgan fingerprint density at radius 2 is 0.722 bits per heavy atom. The van der Waals surface area contributed by atoms with Crippen LogP contribution >= 0.6 is 15.6 Å². The Balaban J connectivity index is 0. The average molecular weight is 306 g/mol. The molecular weight excluding hydrogens is 294 g/mol. The Labute approximate surface area is 101 Å². The second-order valence-corrected chi connectivity index (χ2v) is 4.60. The second kappa shape index (κ2) is 8.20. The van der Waals surface area contributed by atoms with Crippen LogP contribution in [0.1, 0.15) is 0 Å². The van der Waals surface area contributed by atoms with Crippen LogP contribution in [0.15, 0.2) is 24.3 Å². The van der Waals surface area contributed by atoms with Crippen molar-refractivity contribution in [3.05, 3.63) is 24.3 Å². The van der Waals surface area contributed by atoms with Crippen molar-refractivity contribution in [1.29, 1.82) is 0 Å². The standard InChI is InChI=1S/C6H6O2.2H3O4P/c7-5-1-2-6(8)4-3-5;2*1-5(2,3)4/h1-4,7-8H;2*(H3,1,2,3,4). The number of phenolic OH excluding ortho intramolecular Hbond substituents is 2. The zero-order valence-corrected chi connectivity index (χ0v) is 10.4. The van der Waals surface area contributed by atoms with E-state index in [0.717, 1.165) is 0 Å². The number of hydrogen-bond acceptors (Lipinski definition) is 4. The lowest BCUT2D eigenvalue weighted by molar-refractivity contribution is 0.272. The van der Waals surface area contributed by atoms with Gasteiger partial charge in [0.05, 0.1) is 0 Å². The maximum atomic E-state index is 8.88. The van der Waals surface area contributed by atoms with Gasteiger partial charge in [-0.15, -0.1) is 0 Å². The summed E-state index contributed by atoms with van der Waals surface area (Å²) in [7, 11) is -9.28. The van der Waals surface area contributed by atoms with E-state index in [0.29, 0.717) is 0 Å². The van der Waals surface area contributed by atoms with E-state index in [4.69, 9.17) is 48.7 Å². The van der Waals surface area contributed by atoms with Crippen LogP contribution in [0.4, 0.5) is 0 Å². The molecule has 0 heterocycles. The molecule has 0 atom stereocenters. The lowest BCUT2D eigenvalue weighted by atomic mass is 10.3. The second-order valence-electron chi connectivity index (χ2n) is 2.54. The van der Waals surface area contributed by atoms with E-state index in [2.05, 4.69) is 0 Å². The van der Waals surface area contributed by atoms with Gasteiger partial charge < -0.3 is 39.6 Å². The van der Waals surface area contributed by atoms with E-state index < -0.39 is 15.6 Å². The fourth-order valence-electron chi connectivity index (χ4n) is 0.453. The normalized spacial score (nSPS) is 10.6. The van der Waals surface area contributed by atoms with Gasteiger partial charge in [0.25, 0.3) is 0 Å². The summed E-state index contributed by atoms with van der Waals surface area (Å²) >= 11 is 0. The lowest BCUT2D eigenvalue weighted by Gasteiger charge is -1.88. The molecule has 0 aromatic heterocycles. The van der Waals surface area contributed by atoms with Gasteiger partial charge in [-0.05, 0) is 24.3 Å². The first kappa shape index (κ1) is 19.4. The molecule has 106 valence electrons. The number of benzene rings is 1. The van der Waals surface area contributed by atoms with Gasteiger partial charge in [0, 0.05) is 0 Å². The molecule has 0 radical (unpaired) electrons. The van der Waals surface area contributed by atoms with Crippen molar-refractivity contribution >= 4 is 15.6 Å². The topological polar surface area (TPSA) is 196 Å². The Morgan fingerprint density at radius 1 is 0.611 bits per heavy atom. The van der Waals surface area contributed by atoms with Crippen molar-refractivity contribution in [3.8, 4) is 11.5 Å². The summed E-state index contributed by atoms with van der Waals surface area (Å²) in [6.45, 7) is 0. The summed E-state index contributed by atoms with van der Waals surface area (Å²) in [5, 5.41) is 17.3. The molecule has 10 nitrogen and oxygen atoms in total. The molecule has 1 rings (SSSR count). The first-order valence-electron chi connectivity index (χ1n) is 3.83. The average Bonchev–Trinajstić information content (AvgIpc) is 2.04. The third kappa shape index (κ3) is 36.3. The van der Waals surface area contributed by atoms with Crippen molar-refractivity contribution in [2.75, 3.05) is 0 Å². The zero-order valence-electron chi connectivity index (χ0n) is 8.60. The third-order valence-electron chi connectivity index (χ3n) is 0.850. The number of hydrogen-bond donors (Lipinski definition) is 8. The minimum Gasteiger partial charge on any atom is -0.508 e. The first-order valence-corrected chi connectivity index (χ1v) is 6.96. The van der Waals surface area contributed by atoms with Crippen molar-refractivity contribution in [1.82, 2.24) is 0 Å². The molecule has 1 aromatic carbocycles. The minimum absolute atomic E-state index is 0.169. The van der Waals surface area contributed by atoms with Gasteiger partial charge in [-0.1, -0.05) is 0 Å². The molecule has 8 N–H and O–H groups in total. The molecule has 0 aliphatic heterocycles. The maximum absolute atomic E-state index is 8.88. The van der Waals surface area contributed by atoms with Crippen LogP contribution in [-0.2, 0) is 9.13 Å². The molecule has 0 amide bonds. The largest absolute Gasteiger partial charge is 0.508 e. The van der Waals surface area contributed by atoms with Gasteiger partial charge in [-0.2, -0.15) is 0 Å². The Hall–Kier alpha value is -0.960. The Morgan fingerprint density at radius 3 is 0.833 bits per heavy atom. The van der Waals surface area contributed by atoms with Gasteiger partial charge in [0.15, 0.2) is 0 Å². The number of rotatable bonds is 0. The summed E-state index contributed by atoms with van der Waals surface area (Å²) in [4.78, 5) is 43.1. The predicted molar refractivity (Wildman–Crippen MR) is 58.3 cm³/mol. The Kier molecular flexibility index (Phi) is 8.83. The first-order chi connectivity index (χ1) is 7.79. The quantitative estimate of drug-likeness (QED) is 0.223. The molecule has 0 unspecified atom stereocenters. The Bertz CT molecular complexity index is 359. The molecule has 0 fully saturated rings. The fourth-order valence-corrected chi connectivity index (χ4v) is 0.453. The van der Waals surface area contributed by atoms with Crippen LogP contribution in [0.5, 0.6) is 11.5 Å². The fraction of sp³-hybridized carbons (Fsp3) is 0. The number of phenols is 2. The van der Waals surface area contributed by atoms with Crippen LogP contribution in [-0.4, -0.2) is 39.6 Å². The predicted octanol–water partition coefficient (Wildman–Crippen LogP) is -0.759. The van der Waals surface area contributed by atoms with E-state index in [1.165, 1.54) is 24.3 Å². The van der Waals surface area contributed by atoms with Crippen LogP contribution in [0.3, 0.4) is 0 Å². The number of aromatic hydroxyl groups is 2. The summed E-state index contributed by atoms with van der Waals surface area (Å²) in [5.41, 5.74) is 0. The molecule has 0 bridgehead atoms. The molecule has 1 aromatic rings. The van der Waals surface area contributed by atoms with Crippen LogP contribution < -0.4 is 0 Å². The molecular formula is C6H12O10P2. The van der Waals surface area contributed by atoms with Gasteiger partial charge in [-0.3, -0.25) is 0 Å². The molecule has 18 heavy (non-hydrogen) atoms. The highest BCUT2D eigenvalue weighted by Crippen LogP contribution is 2.26. The van der Waals surface area contributed by atoms with Gasteiger partial charge in [0.2, 0.25) is 0 Å². The molecule has 0 spiro atoms. The SMILES string of the molecule is O=P(O)(O)O.O=P(O)(O)O.Oc1ccc(O)cc1. The highest BCUT2D eigenvalue weighted by Gasteiger charge is 2.00. The zero-order chi connectivity index (χ0) is 15.0. The molecule has 0 saturated heterocycles. The van der Waals surface area contributed by atoms with E-state index >= 15 is 0 Å². The van der Waals surface area contributed by atoms with E-state index in [1.807, 2.05) is 0 Å². The minimum atomic E-state index is -4.64. The van der Waals surface area contributed by atoms with E-state index in [1.54, 1.807) is 0 Å². The van der Waals surface area contributed by atoms with E-state index in [-0.39, 0.29) is 11.5 Å². The van der Waals surface area contributed by atoms with E-state index in [9.17, 15) is 0 Å². The van der Waals surface area contributed by atoms with Gasteiger partial charge in [0.1, 0.15) is 11.5 Å². The molecule has 12 heteroatoms. The maximum Gasteiger partial charge on any atom is 0.466 e. The molecule has 0 aliphatic rings. The summed E-state index contributed by atoms with van der Waals surface area (Å²) in [6.07, 6.45) is 0. The van der Waals surface area contributed by atoms with Crippen molar-refractivity contribution in [2.24, 2.45) is 0 Å². The van der Waals surface area contributed by atoms with Crippen LogP contribution in [0, 0.1) is 0 Å². The van der Waals surface area contributed by atoms with Crippen LogP contribution in [0.25, 0.3) is 0 Å². The summed E-state index contributed by atoms with van der Waals surface area (Å²) in [6, 6.07) is 5.70. The van der Waals surface area contributed by atoms with Gasteiger partial charge in [-0.25, -0.2) is 9.13 Å². The summed E-state index contributed by atoms with van der Waals surface area (Å²) < 4.78 is 17.8. The number of phosphoric acid groups is 2. The van der Waals surface area contributed by atoms with Gasteiger partial charge >= 0.3 is 15.6 Å². The summed E-state index contributed by atoms with van der Waals surface area (Å²) in [5.74, 6) is 0.339. The highest BCUT2D eigenvalue weighted by atomic mass is 31.2. The molecule has 0 saturated carbocycles. The van der Waals surface area contributed by atoms with Crippen molar-refractivity contribution in [3.63, 3.8) is 0 Å². The monoisotopic (exact) mass is 306 g/mol. The smallest absolute Gasteiger partial charge is 0.466 e. The van der Waals surface area contributed by atoms with Crippen molar-refractivity contribution < 1.29 is 48.7 Å². The lowest BCUT2D eigenvalue weighted by Crippen LogP contribution is -1.66.